The van der Waals surface area contributed by atoms with Crippen LogP contribution >= 0.6 is 12.2 Å². The SMILES string of the molecule is Nc1c(N=O)c(=O)[nH]c(=S)n1CC1CC1. The van der Waals surface area contributed by atoms with Crippen LogP contribution in [-0.2, 0) is 6.54 Å². The van der Waals surface area contributed by atoms with Crippen molar-refractivity contribution in [2.75, 3.05) is 5.73 Å². The maximum absolute atomic E-state index is 11.2. The molecule has 7 heteroatoms. The van der Waals surface area contributed by atoms with Crippen LogP contribution in [0.4, 0.5) is 11.5 Å². The Morgan fingerprint density at radius 3 is 2.80 bits per heavy atom. The number of nitrogen functional groups attached to an aromatic ring is 1. The Hall–Kier alpha value is -1.50. The van der Waals surface area contributed by atoms with Crippen molar-refractivity contribution >= 4 is 23.7 Å². The summed E-state index contributed by atoms with van der Waals surface area (Å²) in [7, 11) is 0. The number of nitrogens with zero attached hydrogens (tertiary/aromatic N) is 2. The third kappa shape index (κ3) is 1.82. The highest BCUT2D eigenvalue weighted by Gasteiger charge is 2.23. The highest BCUT2D eigenvalue weighted by molar-refractivity contribution is 7.71. The highest BCUT2D eigenvalue weighted by Crippen LogP contribution is 2.32. The van der Waals surface area contributed by atoms with Gasteiger partial charge in [0.2, 0.25) is 5.69 Å². The van der Waals surface area contributed by atoms with Gasteiger partial charge in [-0.2, -0.15) is 0 Å². The van der Waals surface area contributed by atoms with Gasteiger partial charge >= 0.3 is 0 Å². The molecule has 1 heterocycles. The predicted octanol–water partition coefficient (Wildman–Crippen LogP) is 1.30. The van der Waals surface area contributed by atoms with E-state index in [1.807, 2.05) is 0 Å². The van der Waals surface area contributed by atoms with Crippen LogP contribution in [0.25, 0.3) is 0 Å². The van der Waals surface area contributed by atoms with Crippen molar-refractivity contribution in [3.05, 3.63) is 20.0 Å². The summed E-state index contributed by atoms with van der Waals surface area (Å²) in [6, 6.07) is 0. The maximum atomic E-state index is 11.2. The molecule has 1 fully saturated rings. The summed E-state index contributed by atoms with van der Waals surface area (Å²) < 4.78 is 1.81. The molecule has 2 rings (SSSR count). The Morgan fingerprint density at radius 2 is 2.27 bits per heavy atom. The molecule has 15 heavy (non-hydrogen) atoms. The second-order valence-electron chi connectivity index (χ2n) is 3.64. The number of nitrogens with two attached hydrogens (primary N) is 1. The summed E-state index contributed by atoms with van der Waals surface area (Å²) in [6.07, 6.45) is 2.26. The van der Waals surface area contributed by atoms with Gasteiger partial charge in [-0.15, -0.1) is 4.91 Å². The van der Waals surface area contributed by atoms with Crippen LogP contribution in [0.1, 0.15) is 12.8 Å². The topological polar surface area (TPSA) is 93.2 Å². The summed E-state index contributed by atoms with van der Waals surface area (Å²) in [4.78, 5) is 24.0. The van der Waals surface area contributed by atoms with Crippen LogP contribution in [0.3, 0.4) is 0 Å². The summed E-state index contributed by atoms with van der Waals surface area (Å²) in [5, 5.41) is 2.61. The van der Waals surface area contributed by atoms with Gasteiger partial charge in [0.15, 0.2) is 4.77 Å². The molecule has 1 aliphatic carbocycles. The first kappa shape index (κ1) is 10.0. The third-order valence-corrected chi connectivity index (χ3v) is 2.77. The molecule has 1 saturated carbocycles. The Labute approximate surface area is 90.1 Å². The van der Waals surface area contributed by atoms with Crippen molar-refractivity contribution in [3.8, 4) is 0 Å². The fraction of sp³-hybridized carbons (Fsp3) is 0.500. The first-order valence-electron chi connectivity index (χ1n) is 4.59. The van der Waals surface area contributed by atoms with Gasteiger partial charge < -0.3 is 10.3 Å². The predicted molar refractivity (Wildman–Crippen MR) is 58.5 cm³/mol. The van der Waals surface area contributed by atoms with Crippen molar-refractivity contribution in [2.45, 2.75) is 19.4 Å². The van der Waals surface area contributed by atoms with E-state index in [1.165, 1.54) is 0 Å². The van der Waals surface area contributed by atoms with Crippen molar-refractivity contribution in [2.24, 2.45) is 11.1 Å². The number of nitroso groups, excluding NO2 is 1. The highest BCUT2D eigenvalue weighted by atomic mass is 32.1. The molecule has 0 radical (unpaired) electrons. The zero-order valence-corrected chi connectivity index (χ0v) is 8.71. The van der Waals surface area contributed by atoms with E-state index >= 15 is 0 Å². The number of hydrogen-bond donors (Lipinski definition) is 2. The second-order valence-corrected chi connectivity index (χ2v) is 4.03. The number of rotatable bonds is 3. The first-order chi connectivity index (χ1) is 7.13. The van der Waals surface area contributed by atoms with Crippen LogP contribution in [-0.4, -0.2) is 9.55 Å². The van der Waals surface area contributed by atoms with Gasteiger partial charge in [0, 0.05) is 6.54 Å². The average Bonchev–Trinajstić information content (AvgIpc) is 2.96. The lowest BCUT2D eigenvalue weighted by Crippen LogP contribution is -2.18. The van der Waals surface area contributed by atoms with Gasteiger partial charge in [0.05, 0.1) is 0 Å². The van der Waals surface area contributed by atoms with Crippen LogP contribution in [0.15, 0.2) is 9.97 Å². The van der Waals surface area contributed by atoms with Gasteiger partial charge in [0.1, 0.15) is 5.82 Å². The van der Waals surface area contributed by atoms with E-state index in [-0.39, 0.29) is 16.3 Å². The molecule has 1 aromatic heterocycles. The van der Waals surface area contributed by atoms with Gasteiger partial charge in [-0.05, 0) is 36.2 Å². The molecule has 80 valence electrons. The molecular weight excluding hydrogens is 216 g/mol. The van der Waals surface area contributed by atoms with Crippen molar-refractivity contribution in [1.29, 1.82) is 0 Å². The monoisotopic (exact) mass is 226 g/mol. The molecule has 0 amide bonds. The first-order valence-corrected chi connectivity index (χ1v) is 5.00. The van der Waals surface area contributed by atoms with Crippen LogP contribution in [0, 0.1) is 15.6 Å². The van der Waals surface area contributed by atoms with Crippen molar-refractivity contribution < 1.29 is 0 Å². The largest absolute Gasteiger partial charge is 0.383 e. The Bertz CT molecular complexity index is 514. The summed E-state index contributed by atoms with van der Waals surface area (Å²) >= 11 is 4.96. The van der Waals surface area contributed by atoms with Crippen LogP contribution in [0.5, 0.6) is 0 Å². The van der Waals surface area contributed by atoms with Crippen LogP contribution < -0.4 is 11.3 Å². The minimum atomic E-state index is -0.625. The molecular formula is C8H10N4O2S. The van der Waals surface area contributed by atoms with E-state index in [0.29, 0.717) is 12.5 Å². The zero-order chi connectivity index (χ0) is 11.0. The van der Waals surface area contributed by atoms with E-state index in [2.05, 4.69) is 10.2 Å². The molecule has 0 aromatic carbocycles. The molecule has 1 aliphatic rings. The van der Waals surface area contributed by atoms with Gasteiger partial charge in [-0.3, -0.25) is 9.78 Å². The van der Waals surface area contributed by atoms with Gasteiger partial charge in [-0.1, -0.05) is 0 Å². The third-order valence-electron chi connectivity index (χ3n) is 2.44. The van der Waals surface area contributed by atoms with Gasteiger partial charge in [-0.25, -0.2) is 0 Å². The molecule has 0 unspecified atom stereocenters. The normalized spacial score (nSPS) is 15.2. The molecule has 0 bridgehead atoms. The zero-order valence-electron chi connectivity index (χ0n) is 7.90. The van der Waals surface area contributed by atoms with Crippen molar-refractivity contribution in [3.63, 3.8) is 0 Å². The summed E-state index contributed by atoms with van der Waals surface area (Å²) in [5.74, 6) is 0.607. The maximum Gasteiger partial charge on any atom is 0.283 e. The lowest BCUT2D eigenvalue weighted by Gasteiger charge is -2.09. The number of nitrogens with one attached hydrogen (secondary N) is 1. The Kier molecular flexibility index (Phi) is 2.39. The molecule has 3 N–H and O–H groups in total. The molecule has 0 saturated heterocycles. The lowest BCUT2D eigenvalue weighted by molar-refractivity contribution is 0.611. The Balaban J connectivity index is 2.56. The van der Waals surface area contributed by atoms with E-state index in [0.717, 1.165) is 12.8 Å². The minimum Gasteiger partial charge on any atom is -0.383 e. The van der Waals surface area contributed by atoms with Crippen molar-refractivity contribution in [1.82, 2.24) is 9.55 Å². The molecule has 6 nitrogen and oxygen atoms in total. The summed E-state index contributed by atoms with van der Waals surface area (Å²) in [5.41, 5.74) is 4.74. The van der Waals surface area contributed by atoms with E-state index in [4.69, 9.17) is 18.0 Å². The lowest BCUT2D eigenvalue weighted by atomic mass is 10.4. The van der Waals surface area contributed by atoms with E-state index < -0.39 is 5.56 Å². The number of aromatic nitrogens is 2. The fourth-order valence-electron chi connectivity index (χ4n) is 1.41. The standard InChI is InChI=1S/C8H10N4O2S/c9-6-5(11-14)7(13)10-8(15)12(6)3-4-1-2-4/h4H,1-3,9H2,(H,10,13,15). The van der Waals surface area contributed by atoms with Crippen LogP contribution in [0.2, 0.25) is 0 Å². The smallest absolute Gasteiger partial charge is 0.283 e. The average molecular weight is 226 g/mol. The number of hydrogen-bond acceptors (Lipinski definition) is 5. The number of anilines is 1. The molecule has 0 spiro atoms. The minimum absolute atomic E-state index is 0.0608. The quantitative estimate of drug-likeness (QED) is 0.600. The summed E-state index contributed by atoms with van der Waals surface area (Å²) in [6.45, 7) is 0.643. The van der Waals surface area contributed by atoms with E-state index in [9.17, 15) is 9.70 Å². The molecule has 0 aliphatic heterocycles. The Morgan fingerprint density at radius 1 is 1.60 bits per heavy atom. The molecule has 1 aromatic rings. The second kappa shape index (κ2) is 3.58. The molecule has 0 atom stereocenters. The fourth-order valence-corrected chi connectivity index (χ4v) is 1.67. The van der Waals surface area contributed by atoms with E-state index in [1.54, 1.807) is 4.57 Å². The number of H-pyrrole nitrogens is 1. The number of aromatic amines is 1. The van der Waals surface area contributed by atoms with Gasteiger partial charge in [0.25, 0.3) is 5.56 Å².